The number of anilines is 4. The summed E-state index contributed by atoms with van der Waals surface area (Å²) < 4.78 is 15.6. The number of halogens is 2. The summed E-state index contributed by atoms with van der Waals surface area (Å²) in [6.07, 6.45) is 0. The largest absolute Gasteiger partial charge is 0.324 e. The third-order valence-corrected chi connectivity index (χ3v) is 6.47. The van der Waals surface area contributed by atoms with E-state index in [4.69, 9.17) is 16.6 Å². The van der Waals surface area contributed by atoms with Gasteiger partial charge < -0.3 is 15.2 Å². The molecule has 0 fully saturated rings. The number of nitrogens with zero attached hydrogens (tertiary/aromatic N) is 5. The lowest BCUT2D eigenvalue weighted by molar-refractivity contribution is 0.628. The van der Waals surface area contributed by atoms with Gasteiger partial charge in [-0.3, -0.25) is 0 Å². The van der Waals surface area contributed by atoms with Gasteiger partial charge in [0.15, 0.2) is 5.82 Å². The lowest BCUT2D eigenvalue weighted by Crippen LogP contribution is -2.05. The molecule has 0 aliphatic rings. The molecule has 0 saturated carbocycles. The summed E-state index contributed by atoms with van der Waals surface area (Å²) in [4.78, 5) is 18.6. The topological polar surface area (TPSA) is 80.6 Å². The summed E-state index contributed by atoms with van der Waals surface area (Å²) in [6.45, 7) is 2.75. The van der Waals surface area contributed by atoms with Crippen LogP contribution in [0.3, 0.4) is 0 Å². The lowest BCUT2D eigenvalue weighted by atomic mass is 10.2. The molecule has 9 heteroatoms. The van der Waals surface area contributed by atoms with Gasteiger partial charge in [-0.15, -0.1) is 0 Å². The van der Waals surface area contributed by atoms with Crippen LogP contribution in [0.2, 0.25) is 5.02 Å². The minimum atomic E-state index is -0.322. The maximum Gasteiger partial charge on any atom is 0.232 e. The third-order valence-electron chi connectivity index (χ3n) is 6.22. The first-order valence-electron chi connectivity index (χ1n) is 12.3. The highest BCUT2D eigenvalue weighted by Crippen LogP contribution is 2.26. The Morgan fingerprint density at radius 2 is 1.41 bits per heavy atom. The average molecular weight is 536 g/mol. The summed E-state index contributed by atoms with van der Waals surface area (Å²) in [6, 6.07) is 29.5. The summed E-state index contributed by atoms with van der Waals surface area (Å²) in [5.41, 5.74) is 5.33. The Balaban J connectivity index is 1.33. The molecule has 192 valence electrons. The van der Waals surface area contributed by atoms with Crippen molar-refractivity contribution in [2.24, 2.45) is 0 Å². The van der Waals surface area contributed by atoms with E-state index < -0.39 is 0 Å². The number of rotatable bonds is 7. The number of hydrogen-bond acceptors (Lipinski definition) is 6. The normalized spacial score (nSPS) is 11.1. The first-order chi connectivity index (χ1) is 19.0. The van der Waals surface area contributed by atoms with Gasteiger partial charge in [-0.2, -0.15) is 15.0 Å². The van der Waals surface area contributed by atoms with Crippen LogP contribution in [0.5, 0.6) is 0 Å². The molecule has 0 aliphatic carbocycles. The Bertz CT molecular complexity index is 1750. The van der Waals surface area contributed by atoms with Gasteiger partial charge in [-0.25, -0.2) is 9.37 Å². The second-order valence-electron chi connectivity index (χ2n) is 9.00. The second-order valence-corrected chi connectivity index (χ2v) is 9.44. The molecule has 2 N–H and O–H groups in total. The zero-order chi connectivity index (χ0) is 26.8. The van der Waals surface area contributed by atoms with Gasteiger partial charge in [0.25, 0.3) is 0 Å². The Morgan fingerprint density at radius 1 is 0.744 bits per heavy atom. The summed E-state index contributed by atoms with van der Waals surface area (Å²) in [7, 11) is 0. The van der Waals surface area contributed by atoms with E-state index in [2.05, 4.69) is 42.3 Å². The lowest BCUT2D eigenvalue weighted by Gasteiger charge is -2.11. The van der Waals surface area contributed by atoms with Gasteiger partial charge in [-0.1, -0.05) is 41.9 Å². The van der Waals surface area contributed by atoms with E-state index in [9.17, 15) is 4.39 Å². The number of nitrogens with one attached hydrogen (secondary N) is 2. The number of aromatic nitrogens is 5. The van der Waals surface area contributed by atoms with E-state index in [-0.39, 0.29) is 5.82 Å². The van der Waals surface area contributed by atoms with E-state index >= 15 is 0 Å². The fourth-order valence-electron chi connectivity index (χ4n) is 4.30. The third kappa shape index (κ3) is 5.56. The molecule has 2 aromatic heterocycles. The van der Waals surface area contributed by atoms with Crippen LogP contribution in [0.1, 0.15) is 11.4 Å². The smallest absolute Gasteiger partial charge is 0.232 e. The fourth-order valence-corrected chi connectivity index (χ4v) is 4.43. The monoisotopic (exact) mass is 535 g/mol. The molecule has 6 aromatic rings. The van der Waals surface area contributed by atoms with E-state index in [1.54, 1.807) is 24.3 Å². The van der Waals surface area contributed by atoms with Gasteiger partial charge in [0.05, 0.1) is 11.0 Å². The Labute approximate surface area is 229 Å². The molecule has 0 aliphatic heterocycles. The van der Waals surface area contributed by atoms with Crippen LogP contribution < -0.4 is 10.6 Å². The van der Waals surface area contributed by atoms with Gasteiger partial charge >= 0.3 is 0 Å². The molecular formula is C30H23ClFN7. The molecule has 0 bridgehead atoms. The zero-order valence-corrected chi connectivity index (χ0v) is 21.7. The Hall–Kier alpha value is -4.82. The quantitative estimate of drug-likeness (QED) is 0.220. The highest BCUT2D eigenvalue weighted by atomic mass is 35.5. The maximum atomic E-state index is 13.4. The van der Waals surface area contributed by atoms with Crippen molar-refractivity contribution < 1.29 is 4.39 Å². The van der Waals surface area contributed by atoms with Gasteiger partial charge in [0, 0.05) is 28.5 Å². The number of fused-ring (bicyclic) bond motifs is 1. The van der Waals surface area contributed by atoms with Gasteiger partial charge in [-0.05, 0) is 79.2 Å². The molecule has 2 heterocycles. The molecule has 0 saturated heterocycles. The SMILES string of the molecule is Cc1nc2cc(Nc3nc(Nc4ccc(F)cc4)nc(-c4ccc(Cl)cc4)n3)ccc2n1Cc1ccccc1. The molecular weight excluding hydrogens is 513 g/mol. The summed E-state index contributed by atoms with van der Waals surface area (Å²) in [5, 5.41) is 7.04. The van der Waals surface area contributed by atoms with E-state index in [1.807, 2.05) is 55.5 Å². The highest BCUT2D eigenvalue weighted by molar-refractivity contribution is 6.30. The van der Waals surface area contributed by atoms with Gasteiger partial charge in [0.2, 0.25) is 11.9 Å². The van der Waals surface area contributed by atoms with Crippen LogP contribution in [0.15, 0.2) is 97.1 Å². The fraction of sp³-hybridized carbons (Fsp3) is 0.0667. The highest BCUT2D eigenvalue weighted by Gasteiger charge is 2.12. The molecule has 0 radical (unpaired) electrons. The zero-order valence-electron chi connectivity index (χ0n) is 20.9. The number of imidazole rings is 1. The van der Waals surface area contributed by atoms with Crippen LogP contribution in [0.25, 0.3) is 22.4 Å². The number of benzene rings is 4. The second kappa shape index (κ2) is 10.5. The molecule has 0 unspecified atom stereocenters. The summed E-state index contributed by atoms with van der Waals surface area (Å²) >= 11 is 6.08. The van der Waals surface area contributed by atoms with Crippen molar-refractivity contribution in [2.75, 3.05) is 10.6 Å². The van der Waals surface area contributed by atoms with Crippen molar-refractivity contribution in [3.8, 4) is 11.4 Å². The number of hydrogen-bond donors (Lipinski definition) is 2. The first kappa shape index (κ1) is 24.5. The molecule has 4 aromatic carbocycles. The van der Waals surface area contributed by atoms with Crippen LogP contribution in [-0.2, 0) is 6.54 Å². The van der Waals surface area contributed by atoms with E-state index in [0.29, 0.717) is 28.4 Å². The van der Waals surface area contributed by atoms with Gasteiger partial charge in [0.1, 0.15) is 11.6 Å². The average Bonchev–Trinajstić information content (AvgIpc) is 3.24. The van der Waals surface area contributed by atoms with Crippen LogP contribution in [-0.4, -0.2) is 24.5 Å². The molecule has 6 rings (SSSR count). The van der Waals surface area contributed by atoms with Crippen molar-refractivity contribution in [1.82, 2.24) is 24.5 Å². The van der Waals surface area contributed by atoms with E-state index in [1.165, 1.54) is 17.7 Å². The maximum absolute atomic E-state index is 13.4. The van der Waals surface area contributed by atoms with Crippen molar-refractivity contribution >= 4 is 45.9 Å². The first-order valence-corrected chi connectivity index (χ1v) is 12.7. The Morgan fingerprint density at radius 3 is 2.13 bits per heavy atom. The molecule has 0 amide bonds. The molecule has 0 spiro atoms. The standard InChI is InChI=1S/C30H23ClFN7/c1-19-33-26-17-25(15-16-27(26)39(19)18-20-5-3-2-4-6-20)35-30-37-28(21-7-9-22(31)10-8-21)36-29(38-30)34-24-13-11-23(32)12-14-24/h2-17H,18H2,1H3,(H2,34,35,36,37,38). The summed E-state index contributed by atoms with van der Waals surface area (Å²) in [5.74, 6) is 1.73. The minimum absolute atomic E-state index is 0.313. The molecule has 7 nitrogen and oxygen atoms in total. The predicted molar refractivity (Wildman–Crippen MR) is 153 cm³/mol. The molecule has 0 atom stereocenters. The van der Waals surface area contributed by atoms with Crippen molar-refractivity contribution in [1.29, 1.82) is 0 Å². The number of aryl methyl sites for hydroxylation is 1. The molecule has 39 heavy (non-hydrogen) atoms. The van der Waals surface area contributed by atoms with Crippen molar-refractivity contribution in [3.63, 3.8) is 0 Å². The van der Waals surface area contributed by atoms with Crippen molar-refractivity contribution in [3.05, 3.63) is 119 Å². The van der Waals surface area contributed by atoms with Crippen LogP contribution >= 0.6 is 11.6 Å². The Kier molecular flexibility index (Phi) is 6.61. The van der Waals surface area contributed by atoms with Crippen molar-refractivity contribution in [2.45, 2.75) is 13.5 Å². The van der Waals surface area contributed by atoms with E-state index in [0.717, 1.165) is 34.7 Å². The van der Waals surface area contributed by atoms with Crippen LogP contribution in [0.4, 0.5) is 27.7 Å². The van der Waals surface area contributed by atoms with Crippen LogP contribution in [0, 0.1) is 12.7 Å². The predicted octanol–water partition coefficient (Wildman–Crippen LogP) is 7.52. The minimum Gasteiger partial charge on any atom is -0.324 e.